The lowest BCUT2D eigenvalue weighted by Gasteiger charge is -2.17. The van der Waals surface area contributed by atoms with Crippen LogP contribution < -0.4 is 0 Å². The lowest BCUT2D eigenvalue weighted by Crippen LogP contribution is -2.17. The van der Waals surface area contributed by atoms with E-state index in [1.54, 1.807) is 17.7 Å². The zero-order chi connectivity index (χ0) is 20.9. The summed E-state index contributed by atoms with van der Waals surface area (Å²) in [5.74, 6) is 6.29. The van der Waals surface area contributed by atoms with Gasteiger partial charge in [-0.3, -0.25) is 4.52 Å². The predicted molar refractivity (Wildman–Crippen MR) is 109 cm³/mol. The van der Waals surface area contributed by atoms with Crippen molar-refractivity contribution in [3.8, 4) is 23.0 Å². The van der Waals surface area contributed by atoms with Crippen LogP contribution in [0.3, 0.4) is 0 Å². The molecule has 0 aliphatic carbocycles. The molecule has 0 fully saturated rings. The van der Waals surface area contributed by atoms with Gasteiger partial charge < -0.3 is 19.5 Å². The average molecular weight is 412 g/mol. The molecule has 3 aromatic rings. The minimum absolute atomic E-state index is 0.332. The minimum Gasteiger partial charge on any atom is -0.385 e. The van der Waals surface area contributed by atoms with Crippen LogP contribution in [0, 0.1) is 11.8 Å². The van der Waals surface area contributed by atoms with Gasteiger partial charge in [-0.1, -0.05) is 54.3 Å². The molecule has 0 saturated heterocycles. The normalized spacial score (nSPS) is 13.4. The van der Waals surface area contributed by atoms with Gasteiger partial charge in [-0.2, -0.15) is 0 Å². The van der Waals surface area contributed by atoms with Gasteiger partial charge in [0.05, 0.1) is 6.61 Å². The molecule has 29 heavy (non-hydrogen) atoms. The maximum absolute atomic E-state index is 11.1. The zero-order valence-electron chi connectivity index (χ0n) is 15.7. The van der Waals surface area contributed by atoms with Crippen molar-refractivity contribution in [1.29, 1.82) is 0 Å². The van der Waals surface area contributed by atoms with Gasteiger partial charge in [-0.15, -0.1) is 0 Å². The van der Waals surface area contributed by atoms with Gasteiger partial charge in [0, 0.05) is 18.0 Å². The Morgan fingerprint density at radius 2 is 1.76 bits per heavy atom. The molecule has 0 aliphatic rings. The summed E-state index contributed by atoms with van der Waals surface area (Å²) in [6.45, 7) is 1.20. The topological polar surface area (TPSA) is 105 Å². The molecule has 2 aromatic carbocycles. The highest BCUT2D eigenvalue weighted by molar-refractivity contribution is 7.46. The first-order valence-corrected chi connectivity index (χ1v) is 10.4. The first-order valence-electron chi connectivity index (χ1n) is 8.91. The molecule has 0 saturated carbocycles. The number of phosphoric ester groups is 1. The largest absolute Gasteiger partial charge is 0.469 e. The molecular weight excluding hydrogens is 391 g/mol. The Morgan fingerprint density at radius 3 is 2.38 bits per heavy atom. The summed E-state index contributed by atoms with van der Waals surface area (Å²) in [6, 6.07) is 16.9. The lowest BCUT2D eigenvalue weighted by atomic mass is 10.0. The monoisotopic (exact) mass is 412 g/mol. The Hall–Kier alpha value is -2.72. The molecule has 8 heteroatoms. The van der Waals surface area contributed by atoms with Crippen LogP contribution in [0.1, 0.15) is 30.5 Å². The zero-order valence-corrected chi connectivity index (χ0v) is 16.6. The van der Waals surface area contributed by atoms with E-state index in [1.807, 2.05) is 54.6 Å². The van der Waals surface area contributed by atoms with Crippen LogP contribution in [-0.4, -0.2) is 31.1 Å². The van der Waals surface area contributed by atoms with Gasteiger partial charge in [-0.25, -0.2) is 9.55 Å². The van der Waals surface area contributed by atoms with Crippen molar-refractivity contribution in [2.24, 2.45) is 0 Å². The number of aliphatic hydroxyl groups excluding tert-OH is 1. The summed E-state index contributed by atoms with van der Waals surface area (Å²) in [5.41, 5.74) is 2.90. The van der Waals surface area contributed by atoms with Crippen molar-refractivity contribution < 1.29 is 24.0 Å². The summed E-state index contributed by atoms with van der Waals surface area (Å²) in [4.78, 5) is 22.1. The Balaban J connectivity index is 1.85. The maximum atomic E-state index is 11.1. The summed E-state index contributed by atoms with van der Waals surface area (Å²) >= 11 is 0. The Kier molecular flexibility index (Phi) is 6.65. The van der Waals surface area contributed by atoms with E-state index >= 15 is 0 Å². The van der Waals surface area contributed by atoms with E-state index in [0.717, 1.165) is 16.7 Å². The number of nitrogens with zero attached hydrogens (tertiary/aromatic N) is 2. The van der Waals surface area contributed by atoms with Gasteiger partial charge in [0.15, 0.2) is 0 Å². The molecule has 150 valence electrons. The van der Waals surface area contributed by atoms with Crippen LogP contribution in [0.15, 0.2) is 67.0 Å². The number of phosphoric acid groups is 1. The van der Waals surface area contributed by atoms with Crippen LogP contribution in [0.5, 0.6) is 0 Å². The maximum Gasteiger partial charge on any atom is 0.469 e. The molecule has 0 aliphatic heterocycles. The third-order valence-electron chi connectivity index (χ3n) is 4.18. The fourth-order valence-corrected chi connectivity index (χ4v) is 3.15. The number of rotatable bonds is 6. The molecule has 7 nitrogen and oxygen atoms in total. The van der Waals surface area contributed by atoms with Gasteiger partial charge >= 0.3 is 7.82 Å². The quantitative estimate of drug-likeness (QED) is 0.424. The molecule has 0 amide bonds. The molecule has 3 rings (SSSR count). The summed E-state index contributed by atoms with van der Waals surface area (Å²) in [7, 11) is -4.66. The Bertz CT molecular complexity index is 1050. The molecule has 0 spiro atoms. The third-order valence-corrected chi connectivity index (χ3v) is 4.67. The summed E-state index contributed by atoms with van der Waals surface area (Å²) in [6.07, 6.45) is 2.21. The second-order valence-electron chi connectivity index (χ2n) is 6.38. The van der Waals surface area contributed by atoms with E-state index in [0.29, 0.717) is 5.82 Å². The van der Waals surface area contributed by atoms with Gasteiger partial charge in [0.2, 0.25) is 0 Å². The second kappa shape index (κ2) is 9.19. The highest BCUT2D eigenvalue weighted by Crippen LogP contribution is 2.37. The van der Waals surface area contributed by atoms with E-state index in [-0.39, 0.29) is 6.61 Å². The first-order chi connectivity index (χ1) is 13.8. The molecule has 0 radical (unpaired) electrons. The van der Waals surface area contributed by atoms with E-state index in [1.165, 1.54) is 6.20 Å². The van der Waals surface area contributed by atoms with Crippen LogP contribution >= 0.6 is 7.82 Å². The molecular formula is C21H21N2O5P. The van der Waals surface area contributed by atoms with Crippen LogP contribution in [0.2, 0.25) is 0 Å². The number of hydrogen-bond acceptors (Lipinski definition) is 4. The number of hydrogen-bond donors (Lipinski definition) is 3. The van der Waals surface area contributed by atoms with Crippen molar-refractivity contribution >= 4 is 7.82 Å². The SMILES string of the molecule is C[C@H](O)c1nccn1[C@@H](C#Cc1ccc(-c2ccccc2)cc1)COP(=O)(O)O. The predicted octanol–water partition coefficient (Wildman–Crippen LogP) is 3.31. The smallest absolute Gasteiger partial charge is 0.385 e. The van der Waals surface area contributed by atoms with Gasteiger partial charge in [-0.05, 0) is 30.2 Å². The molecule has 1 heterocycles. The fraction of sp³-hybridized carbons (Fsp3) is 0.190. The summed E-state index contributed by atoms with van der Waals surface area (Å²) < 4.78 is 17.3. The van der Waals surface area contributed by atoms with E-state index in [2.05, 4.69) is 21.3 Å². The minimum atomic E-state index is -4.66. The van der Waals surface area contributed by atoms with Crippen LogP contribution in [-0.2, 0) is 9.09 Å². The lowest BCUT2D eigenvalue weighted by molar-refractivity contribution is 0.165. The second-order valence-corrected chi connectivity index (χ2v) is 7.62. The Morgan fingerprint density at radius 1 is 1.10 bits per heavy atom. The van der Waals surface area contributed by atoms with Crippen molar-refractivity contribution in [3.05, 3.63) is 78.4 Å². The molecule has 0 unspecified atom stereocenters. The third kappa shape index (κ3) is 5.88. The molecule has 1 aromatic heterocycles. The van der Waals surface area contributed by atoms with E-state index < -0.39 is 20.0 Å². The highest BCUT2D eigenvalue weighted by Gasteiger charge is 2.21. The van der Waals surface area contributed by atoms with Crippen LogP contribution in [0.25, 0.3) is 11.1 Å². The van der Waals surface area contributed by atoms with Crippen molar-refractivity contribution in [3.63, 3.8) is 0 Å². The number of imidazole rings is 1. The molecule has 2 atom stereocenters. The van der Waals surface area contributed by atoms with E-state index in [9.17, 15) is 9.67 Å². The highest BCUT2D eigenvalue weighted by atomic mass is 31.2. The van der Waals surface area contributed by atoms with Crippen molar-refractivity contribution in [1.82, 2.24) is 9.55 Å². The van der Waals surface area contributed by atoms with Gasteiger partial charge in [0.25, 0.3) is 0 Å². The van der Waals surface area contributed by atoms with Crippen LogP contribution in [0.4, 0.5) is 0 Å². The van der Waals surface area contributed by atoms with Gasteiger partial charge in [0.1, 0.15) is 18.0 Å². The van der Waals surface area contributed by atoms with Crippen molar-refractivity contribution in [2.75, 3.05) is 6.61 Å². The standard InChI is InChI=1S/C21H21N2O5P/c1-16(24)21-22-13-14-23(21)20(15-28-29(25,26)27)12-9-17-7-10-19(11-8-17)18-5-3-2-4-6-18/h2-8,10-11,13-14,16,20,24H,15H2,1H3,(H2,25,26,27)/t16-,20-/m0/s1. The first kappa shape index (κ1) is 21.0. The molecule has 0 bridgehead atoms. The molecule has 3 N–H and O–H groups in total. The Labute approximate surface area is 168 Å². The number of aromatic nitrogens is 2. The van der Waals surface area contributed by atoms with E-state index in [4.69, 9.17) is 9.79 Å². The van der Waals surface area contributed by atoms with Crippen molar-refractivity contribution in [2.45, 2.75) is 19.1 Å². The summed E-state index contributed by atoms with van der Waals surface area (Å²) in [5, 5.41) is 9.87. The number of aliphatic hydroxyl groups is 1. The fourth-order valence-electron chi connectivity index (χ4n) is 2.81. The average Bonchev–Trinajstić information content (AvgIpc) is 3.18. The number of benzene rings is 2.